The van der Waals surface area contributed by atoms with Gasteiger partial charge in [0.15, 0.2) is 0 Å². The predicted molar refractivity (Wildman–Crippen MR) is 64.1 cm³/mol. The van der Waals surface area contributed by atoms with Gasteiger partial charge in [-0.05, 0) is 24.3 Å². The summed E-state index contributed by atoms with van der Waals surface area (Å²) < 4.78 is 51.4. The van der Waals surface area contributed by atoms with Crippen molar-refractivity contribution in [3.8, 4) is 0 Å². The van der Waals surface area contributed by atoms with Crippen molar-refractivity contribution in [1.82, 2.24) is 4.98 Å². The summed E-state index contributed by atoms with van der Waals surface area (Å²) in [7, 11) is 0. The third-order valence-corrected chi connectivity index (χ3v) is 2.78. The van der Waals surface area contributed by atoms with E-state index in [1.807, 2.05) is 0 Å². The number of anilines is 1. The molecule has 0 saturated carbocycles. The molecule has 20 heavy (non-hydrogen) atoms. The Morgan fingerprint density at radius 2 is 1.85 bits per heavy atom. The molecule has 0 aliphatic rings. The zero-order chi connectivity index (χ0) is 14.9. The summed E-state index contributed by atoms with van der Waals surface area (Å²) in [6, 6.07) is 4.64. The molecule has 1 heterocycles. The number of nitrogen functional groups attached to an aromatic ring is 1. The first kappa shape index (κ1) is 14.3. The van der Waals surface area contributed by atoms with E-state index < -0.39 is 29.2 Å². The number of nitrogens with two attached hydrogens (primary N) is 1. The Hall–Kier alpha value is -2.15. The normalized spacial score (nSPS) is 13.2. The first-order chi connectivity index (χ1) is 9.30. The lowest BCUT2D eigenvalue weighted by Gasteiger charge is -2.16. The fourth-order valence-corrected chi connectivity index (χ4v) is 1.76. The van der Waals surface area contributed by atoms with Crippen LogP contribution in [0.5, 0.6) is 0 Å². The van der Waals surface area contributed by atoms with Crippen molar-refractivity contribution in [3.05, 3.63) is 59.0 Å². The topological polar surface area (TPSA) is 59.1 Å². The van der Waals surface area contributed by atoms with E-state index in [0.717, 1.165) is 0 Å². The molecule has 0 spiro atoms. The monoisotopic (exact) mass is 286 g/mol. The molecule has 2 rings (SSSR count). The summed E-state index contributed by atoms with van der Waals surface area (Å²) in [6.45, 7) is 0. The Morgan fingerprint density at radius 3 is 2.45 bits per heavy atom. The van der Waals surface area contributed by atoms with E-state index in [0.29, 0.717) is 18.2 Å². The molecular formula is C13H10F4N2O. The Bertz CT molecular complexity index is 628. The van der Waals surface area contributed by atoms with Crippen molar-refractivity contribution in [2.75, 3.05) is 5.73 Å². The number of pyridine rings is 1. The number of benzene rings is 1. The molecule has 1 unspecified atom stereocenters. The molecule has 2 aromatic rings. The van der Waals surface area contributed by atoms with Crippen molar-refractivity contribution >= 4 is 5.82 Å². The van der Waals surface area contributed by atoms with E-state index >= 15 is 0 Å². The quantitative estimate of drug-likeness (QED) is 0.834. The van der Waals surface area contributed by atoms with Gasteiger partial charge in [0.2, 0.25) is 0 Å². The second kappa shape index (κ2) is 5.09. The lowest BCUT2D eigenvalue weighted by molar-refractivity contribution is -0.137. The van der Waals surface area contributed by atoms with E-state index in [-0.39, 0.29) is 11.4 Å². The minimum absolute atomic E-state index is 0.0470. The van der Waals surface area contributed by atoms with Gasteiger partial charge in [-0.15, -0.1) is 0 Å². The van der Waals surface area contributed by atoms with Crippen molar-refractivity contribution in [2.24, 2.45) is 0 Å². The maximum atomic E-state index is 13.6. The Kier molecular flexibility index (Phi) is 3.63. The first-order valence-electron chi connectivity index (χ1n) is 5.56. The summed E-state index contributed by atoms with van der Waals surface area (Å²) in [4.78, 5) is 3.70. The van der Waals surface area contributed by atoms with Crippen LogP contribution in [0.25, 0.3) is 0 Å². The number of nitrogens with zero attached hydrogens (tertiary/aromatic N) is 1. The largest absolute Gasteiger partial charge is 0.416 e. The Labute approximate surface area is 111 Å². The van der Waals surface area contributed by atoms with E-state index in [9.17, 15) is 22.7 Å². The second-order valence-electron chi connectivity index (χ2n) is 4.11. The SMILES string of the molecule is Nc1ncccc1C(O)c1cc(C(F)(F)F)ccc1F. The van der Waals surface area contributed by atoms with Crippen LogP contribution in [0.15, 0.2) is 36.5 Å². The molecule has 7 heteroatoms. The number of rotatable bonds is 2. The third kappa shape index (κ3) is 2.72. The standard InChI is InChI=1S/C13H10F4N2O/c14-10-4-3-7(13(15,16)17)6-9(10)11(20)8-2-1-5-19-12(8)18/h1-6,11,20H,(H2,18,19). The van der Waals surface area contributed by atoms with Crippen LogP contribution >= 0.6 is 0 Å². The predicted octanol–water partition coefficient (Wildman–Crippen LogP) is 2.90. The van der Waals surface area contributed by atoms with Gasteiger partial charge in [0.25, 0.3) is 0 Å². The van der Waals surface area contributed by atoms with Crippen LogP contribution < -0.4 is 5.73 Å². The van der Waals surface area contributed by atoms with Gasteiger partial charge in [-0.25, -0.2) is 9.37 Å². The van der Waals surface area contributed by atoms with Gasteiger partial charge in [0, 0.05) is 17.3 Å². The van der Waals surface area contributed by atoms with Crippen LogP contribution in [0.2, 0.25) is 0 Å². The molecule has 106 valence electrons. The molecule has 0 bridgehead atoms. The number of aliphatic hydroxyl groups is 1. The average Bonchev–Trinajstić information content (AvgIpc) is 2.37. The summed E-state index contributed by atoms with van der Waals surface area (Å²) >= 11 is 0. The molecule has 0 aliphatic carbocycles. The molecule has 0 amide bonds. The van der Waals surface area contributed by atoms with Gasteiger partial charge in [-0.1, -0.05) is 6.07 Å². The van der Waals surface area contributed by atoms with E-state index in [4.69, 9.17) is 5.73 Å². The first-order valence-corrected chi connectivity index (χ1v) is 5.56. The summed E-state index contributed by atoms with van der Waals surface area (Å²) in [5.74, 6) is -1.02. The van der Waals surface area contributed by atoms with E-state index in [1.54, 1.807) is 0 Å². The highest BCUT2D eigenvalue weighted by atomic mass is 19.4. The minimum Gasteiger partial charge on any atom is -0.383 e. The highest BCUT2D eigenvalue weighted by Gasteiger charge is 2.32. The van der Waals surface area contributed by atoms with Gasteiger partial charge in [0.1, 0.15) is 17.7 Å². The molecule has 3 nitrogen and oxygen atoms in total. The van der Waals surface area contributed by atoms with Crippen LogP contribution in [0.1, 0.15) is 22.8 Å². The lowest BCUT2D eigenvalue weighted by atomic mass is 9.99. The smallest absolute Gasteiger partial charge is 0.383 e. The molecule has 0 fully saturated rings. The maximum absolute atomic E-state index is 13.6. The van der Waals surface area contributed by atoms with Gasteiger partial charge < -0.3 is 10.8 Å². The highest BCUT2D eigenvalue weighted by Crippen LogP contribution is 2.34. The molecule has 1 atom stereocenters. The van der Waals surface area contributed by atoms with Crippen molar-refractivity contribution < 1.29 is 22.7 Å². The lowest BCUT2D eigenvalue weighted by Crippen LogP contribution is -2.11. The molecular weight excluding hydrogens is 276 g/mol. The molecule has 1 aromatic carbocycles. The van der Waals surface area contributed by atoms with E-state index in [2.05, 4.69) is 4.98 Å². The van der Waals surface area contributed by atoms with Crippen LogP contribution in [0.3, 0.4) is 0 Å². The minimum atomic E-state index is -4.62. The van der Waals surface area contributed by atoms with E-state index in [1.165, 1.54) is 18.3 Å². The molecule has 0 saturated heterocycles. The van der Waals surface area contributed by atoms with Crippen molar-refractivity contribution in [2.45, 2.75) is 12.3 Å². The zero-order valence-corrected chi connectivity index (χ0v) is 10.0. The molecule has 0 aliphatic heterocycles. The molecule has 1 aromatic heterocycles. The average molecular weight is 286 g/mol. The number of aliphatic hydroxyl groups excluding tert-OH is 1. The third-order valence-electron chi connectivity index (χ3n) is 2.78. The highest BCUT2D eigenvalue weighted by molar-refractivity contribution is 5.45. The van der Waals surface area contributed by atoms with Crippen molar-refractivity contribution in [3.63, 3.8) is 0 Å². The summed E-state index contributed by atoms with van der Waals surface area (Å²) in [5, 5.41) is 10.0. The number of halogens is 4. The molecule has 0 radical (unpaired) electrons. The molecule has 3 N–H and O–H groups in total. The Morgan fingerprint density at radius 1 is 1.15 bits per heavy atom. The van der Waals surface area contributed by atoms with Crippen LogP contribution in [-0.4, -0.2) is 10.1 Å². The number of alkyl halides is 3. The van der Waals surface area contributed by atoms with Crippen LogP contribution in [-0.2, 0) is 6.18 Å². The van der Waals surface area contributed by atoms with Gasteiger partial charge in [0.05, 0.1) is 5.56 Å². The Balaban J connectivity index is 2.50. The van der Waals surface area contributed by atoms with Crippen molar-refractivity contribution in [1.29, 1.82) is 0 Å². The van der Waals surface area contributed by atoms with Crippen LogP contribution in [0, 0.1) is 5.82 Å². The van der Waals surface area contributed by atoms with Gasteiger partial charge in [-0.2, -0.15) is 13.2 Å². The van der Waals surface area contributed by atoms with Crippen LogP contribution in [0.4, 0.5) is 23.4 Å². The fourth-order valence-electron chi connectivity index (χ4n) is 1.76. The fraction of sp³-hybridized carbons (Fsp3) is 0.154. The maximum Gasteiger partial charge on any atom is 0.416 e. The van der Waals surface area contributed by atoms with Gasteiger partial charge in [-0.3, -0.25) is 0 Å². The van der Waals surface area contributed by atoms with Gasteiger partial charge >= 0.3 is 6.18 Å². The zero-order valence-electron chi connectivity index (χ0n) is 10.0. The second-order valence-corrected chi connectivity index (χ2v) is 4.11. The summed E-state index contributed by atoms with van der Waals surface area (Å²) in [5.41, 5.74) is 4.02. The summed E-state index contributed by atoms with van der Waals surface area (Å²) in [6.07, 6.45) is -4.89. The number of aromatic nitrogens is 1. The number of hydrogen-bond acceptors (Lipinski definition) is 3. The number of hydrogen-bond donors (Lipinski definition) is 2.